The molecule has 0 aromatic heterocycles. The van der Waals surface area contributed by atoms with Gasteiger partial charge in [-0.25, -0.2) is 0 Å². The molecule has 0 saturated carbocycles. The fraction of sp³-hybridized carbons (Fsp3) is 0.619. The summed E-state index contributed by atoms with van der Waals surface area (Å²) in [6.07, 6.45) is 3.63. The Morgan fingerprint density at radius 2 is 1.79 bits per heavy atom. The predicted octanol–water partition coefficient (Wildman–Crippen LogP) is 5.06. The standard InChI is InChI=1S/C19H27NO2.C2H6/c1-14(2)7-8-19(22)20-11-9-16(10-12-20)18-6-4-5-17(13-18)15(3)21;1-2/h4-6,13-14,16H,7-12H2,1-3H3;1-2H3. The minimum atomic E-state index is 0.114. The molecule has 1 fully saturated rings. The van der Waals surface area contributed by atoms with Crippen molar-refractivity contribution in [2.45, 2.75) is 66.2 Å². The second kappa shape index (κ2) is 10.3. The molecule has 1 amide bonds. The summed E-state index contributed by atoms with van der Waals surface area (Å²) in [7, 11) is 0. The number of hydrogen-bond acceptors (Lipinski definition) is 2. The first-order valence-electron chi connectivity index (χ1n) is 9.36. The van der Waals surface area contributed by atoms with E-state index in [9.17, 15) is 9.59 Å². The van der Waals surface area contributed by atoms with Crippen LogP contribution in [-0.2, 0) is 4.79 Å². The molecule has 2 rings (SSSR count). The van der Waals surface area contributed by atoms with Crippen molar-refractivity contribution in [2.24, 2.45) is 5.92 Å². The maximum Gasteiger partial charge on any atom is 0.222 e. The summed E-state index contributed by atoms with van der Waals surface area (Å²) in [6.45, 7) is 11.6. The van der Waals surface area contributed by atoms with Crippen LogP contribution in [0.15, 0.2) is 24.3 Å². The van der Waals surface area contributed by atoms with Crippen molar-refractivity contribution in [3.8, 4) is 0 Å². The summed E-state index contributed by atoms with van der Waals surface area (Å²) in [5, 5.41) is 0. The third-order valence-corrected chi connectivity index (χ3v) is 4.55. The number of Topliss-reactive ketones (excluding diaryl/α,β-unsaturated/α-hetero) is 1. The first-order chi connectivity index (χ1) is 11.5. The van der Waals surface area contributed by atoms with Gasteiger partial charge in [-0.3, -0.25) is 9.59 Å². The van der Waals surface area contributed by atoms with Crippen molar-refractivity contribution in [1.29, 1.82) is 0 Å². The third kappa shape index (κ3) is 6.10. The smallest absolute Gasteiger partial charge is 0.222 e. The van der Waals surface area contributed by atoms with E-state index < -0.39 is 0 Å². The van der Waals surface area contributed by atoms with Crippen LogP contribution in [-0.4, -0.2) is 29.7 Å². The van der Waals surface area contributed by atoms with E-state index in [2.05, 4.69) is 19.9 Å². The van der Waals surface area contributed by atoms with Gasteiger partial charge < -0.3 is 4.90 Å². The van der Waals surface area contributed by atoms with Gasteiger partial charge in [0.05, 0.1) is 0 Å². The van der Waals surface area contributed by atoms with E-state index in [0.717, 1.165) is 37.9 Å². The molecular weight excluding hydrogens is 298 g/mol. The highest BCUT2D eigenvalue weighted by Gasteiger charge is 2.23. The lowest BCUT2D eigenvalue weighted by Gasteiger charge is -2.32. The van der Waals surface area contributed by atoms with Gasteiger partial charge in [-0.15, -0.1) is 0 Å². The van der Waals surface area contributed by atoms with Gasteiger partial charge in [0.2, 0.25) is 5.91 Å². The molecule has 1 aromatic carbocycles. The maximum absolute atomic E-state index is 12.2. The molecule has 24 heavy (non-hydrogen) atoms. The molecule has 1 aliphatic rings. The van der Waals surface area contributed by atoms with Gasteiger partial charge >= 0.3 is 0 Å². The molecular formula is C21H33NO2. The van der Waals surface area contributed by atoms with Crippen LogP contribution in [0.2, 0.25) is 0 Å². The summed E-state index contributed by atoms with van der Waals surface area (Å²) in [5.74, 6) is 1.46. The molecule has 1 heterocycles. The molecule has 0 radical (unpaired) electrons. The van der Waals surface area contributed by atoms with Gasteiger partial charge in [-0.1, -0.05) is 45.9 Å². The van der Waals surface area contributed by atoms with Crippen LogP contribution in [0.1, 0.15) is 82.1 Å². The Balaban J connectivity index is 0.00000139. The van der Waals surface area contributed by atoms with E-state index in [1.165, 1.54) is 5.56 Å². The number of amides is 1. The Labute approximate surface area is 147 Å². The molecule has 0 unspecified atom stereocenters. The number of carbonyl (C=O) groups excluding carboxylic acids is 2. The number of hydrogen-bond donors (Lipinski definition) is 0. The number of piperidine rings is 1. The monoisotopic (exact) mass is 331 g/mol. The molecule has 134 valence electrons. The fourth-order valence-electron chi connectivity index (χ4n) is 3.04. The Hall–Kier alpha value is -1.64. The van der Waals surface area contributed by atoms with Crippen molar-refractivity contribution in [3.63, 3.8) is 0 Å². The van der Waals surface area contributed by atoms with Gasteiger partial charge in [-0.05, 0) is 49.7 Å². The molecule has 3 nitrogen and oxygen atoms in total. The van der Waals surface area contributed by atoms with Crippen molar-refractivity contribution < 1.29 is 9.59 Å². The maximum atomic E-state index is 12.2. The van der Waals surface area contributed by atoms with Crippen LogP contribution in [0, 0.1) is 5.92 Å². The molecule has 0 spiro atoms. The summed E-state index contributed by atoms with van der Waals surface area (Å²) < 4.78 is 0. The van der Waals surface area contributed by atoms with Crippen LogP contribution in [0.5, 0.6) is 0 Å². The Morgan fingerprint density at radius 3 is 2.33 bits per heavy atom. The van der Waals surface area contributed by atoms with E-state index in [0.29, 0.717) is 24.2 Å². The second-order valence-corrected chi connectivity index (χ2v) is 6.77. The zero-order valence-electron chi connectivity index (χ0n) is 16.0. The lowest BCUT2D eigenvalue weighted by Crippen LogP contribution is -2.37. The lowest BCUT2D eigenvalue weighted by molar-refractivity contribution is -0.132. The molecule has 0 bridgehead atoms. The van der Waals surface area contributed by atoms with Crippen molar-refractivity contribution in [2.75, 3.05) is 13.1 Å². The molecule has 0 aliphatic carbocycles. The van der Waals surface area contributed by atoms with Crippen LogP contribution in [0.4, 0.5) is 0 Å². The molecule has 0 N–H and O–H groups in total. The Bertz CT molecular complexity index is 528. The molecule has 1 aromatic rings. The van der Waals surface area contributed by atoms with Crippen LogP contribution in [0.25, 0.3) is 0 Å². The van der Waals surface area contributed by atoms with E-state index >= 15 is 0 Å². The summed E-state index contributed by atoms with van der Waals surface area (Å²) in [5.41, 5.74) is 2.02. The lowest BCUT2D eigenvalue weighted by atomic mass is 9.88. The first-order valence-corrected chi connectivity index (χ1v) is 9.36. The first kappa shape index (κ1) is 20.4. The average Bonchev–Trinajstić information content (AvgIpc) is 2.61. The summed E-state index contributed by atoms with van der Waals surface area (Å²) in [4.78, 5) is 25.7. The van der Waals surface area contributed by atoms with Crippen molar-refractivity contribution in [3.05, 3.63) is 35.4 Å². The molecule has 0 atom stereocenters. The van der Waals surface area contributed by atoms with Gasteiger partial charge in [-0.2, -0.15) is 0 Å². The number of ketones is 1. The number of benzene rings is 1. The topological polar surface area (TPSA) is 37.4 Å². The van der Waals surface area contributed by atoms with Crippen molar-refractivity contribution >= 4 is 11.7 Å². The molecule has 1 aliphatic heterocycles. The average molecular weight is 332 g/mol. The summed E-state index contributed by atoms with van der Waals surface area (Å²) >= 11 is 0. The minimum absolute atomic E-state index is 0.114. The third-order valence-electron chi connectivity index (χ3n) is 4.55. The number of carbonyl (C=O) groups is 2. The van der Waals surface area contributed by atoms with Gasteiger partial charge in [0.15, 0.2) is 5.78 Å². The van der Waals surface area contributed by atoms with Gasteiger partial charge in [0, 0.05) is 25.1 Å². The van der Waals surface area contributed by atoms with E-state index in [1.54, 1.807) is 6.92 Å². The van der Waals surface area contributed by atoms with E-state index in [1.807, 2.05) is 36.9 Å². The van der Waals surface area contributed by atoms with E-state index in [-0.39, 0.29) is 5.78 Å². The largest absolute Gasteiger partial charge is 0.343 e. The summed E-state index contributed by atoms with van der Waals surface area (Å²) in [6, 6.07) is 7.96. The highest BCUT2D eigenvalue weighted by molar-refractivity contribution is 5.94. The second-order valence-electron chi connectivity index (χ2n) is 6.77. The van der Waals surface area contributed by atoms with Crippen LogP contribution >= 0.6 is 0 Å². The zero-order chi connectivity index (χ0) is 18.1. The van der Waals surface area contributed by atoms with Gasteiger partial charge in [0.1, 0.15) is 0 Å². The Morgan fingerprint density at radius 1 is 1.17 bits per heavy atom. The minimum Gasteiger partial charge on any atom is -0.343 e. The number of nitrogens with zero attached hydrogens (tertiary/aromatic N) is 1. The molecule has 3 heteroatoms. The number of rotatable bonds is 5. The number of likely N-dealkylation sites (tertiary alicyclic amines) is 1. The molecule has 1 saturated heterocycles. The van der Waals surface area contributed by atoms with E-state index in [4.69, 9.17) is 0 Å². The SMILES string of the molecule is CC.CC(=O)c1cccc(C2CCN(C(=O)CCC(C)C)CC2)c1. The fourth-order valence-corrected chi connectivity index (χ4v) is 3.04. The highest BCUT2D eigenvalue weighted by atomic mass is 16.2. The van der Waals surface area contributed by atoms with Gasteiger partial charge in [0.25, 0.3) is 0 Å². The van der Waals surface area contributed by atoms with Crippen molar-refractivity contribution in [1.82, 2.24) is 4.90 Å². The predicted molar refractivity (Wildman–Crippen MR) is 100 cm³/mol. The highest BCUT2D eigenvalue weighted by Crippen LogP contribution is 2.29. The van der Waals surface area contributed by atoms with Crippen LogP contribution < -0.4 is 0 Å². The Kier molecular flexibility index (Phi) is 8.73. The normalized spacial score (nSPS) is 15.0. The zero-order valence-corrected chi connectivity index (χ0v) is 16.0. The quantitative estimate of drug-likeness (QED) is 0.707. The van der Waals surface area contributed by atoms with Crippen LogP contribution in [0.3, 0.4) is 0 Å².